The van der Waals surface area contributed by atoms with Crippen molar-refractivity contribution >= 4 is 52.4 Å². The molecule has 3 aromatic rings. The number of carbonyl (C=O) groups excluding carboxylic acids is 3. The van der Waals surface area contributed by atoms with E-state index in [1.165, 1.54) is 57.7 Å². The van der Waals surface area contributed by atoms with Crippen molar-refractivity contribution in [1.29, 1.82) is 0 Å². The molecule has 0 radical (unpaired) electrons. The Morgan fingerprint density at radius 2 is 1.65 bits per heavy atom. The van der Waals surface area contributed by atoms with Crippen molar-refractivity contribution in [1.82, 2.24) is 0 Å². The number of benzene rings is 2. The van der Waals surface area contributed by atoms with Crippen LogP contribution in [0.25, 0.3) is 0 Å². The number of halogens is 2. The number of ether oxygens (including phenoxy) is 3. The molecule has 0 spiro atoms. The molecule has 2 amide bonds. The number of hydrogen-bond acceptors (Lipinski definition) is 7. The van der Waals surface area contributed by atoms with E-state index in [9.17, 15) is 14.4 Å². The quantitative estimate of drug-likeness (QED) is 0.411. The van der Waals surface area contributed by atoms with Gasteiger partial charge in [-0.25, -0.2) is 4.79 Å². The highest BCUT2D eigenvalue weighted by Crippen LogP contribution is 2.34. The molecule has 178 valence electrons. The van der Waals surface area contributed by atoms with Gasteiger partial charge in [0.15, 0.2) is 23.4 Å². The van der Waals surface area contributed by atoms with Crippen LogP contribution in [0.2, 0.25) is 10.0 Å². The van der Waals surface area contributed by atoms with Crippen molar-refractivity contribution in [2.24, 2.45) is 0 Å². The topological polar surface area (TPSA) is 116 Å². The molecule has 1 aromatic heterocycles. The van der Waals surface area contributed by atoms with Crippen molar-refractivity contribution in [3.63, 3.8) is 0 Å². The molecule has 2 N–H and O–H groups in total. The Kier molecular flexibility index (Phi) is 8.04. The summed E-state index contributed by atoms with van der Waals surface area (Å²) in [4.78, 5) is 38.0. The molecule has 9 nitrogen and oxygen atoms in total. The van der Waals surface area contributed by atoms with Crippen LogP contribution in [0.15, 0.2) is 53.1 Å². The number of anilines is 2. The summed E-state index contributed by atoms with van der Waals surface area (Å²) in [5.41, 5.74) is 0.301. The first-order chi connectivity index (χ1) is 16.2. The minimum absolute atomic E-state index is 0.0293. The van der Waals surface area contributed by atoms with Crippen LogP contribution in [0.4, 0.5) is 11.4 Å². The lowest BCUT2D eigenvalue weighted by atomic mass is 10.1. The van der Waals surface area contributed by atoms with Gasteiger partial charge in [-0.05, 0) is 37.3 Å². The van der Waals surface area contributed by atoms with Gasteiger partial charge in [-0.2, -0.15) is 0 Å². The van der Waals surface area contributed by atoms with E-state index >= 15 is 0 Å². The minimum Gasteiger partial charge on any atom is -0.493 e. The second-order valence-electron chi connectivity index (χ2n) is 6.85. The fraction of sp³-hybridized carbons (Fsp3) is 0.174. The maximum Gasteiger partial charge on any atom is 0.341 e. The standard InChI is InChI=1S/C23H20Cl2N2O7/c1-12(21(28)26-16-7-6-13(24)9-15(16)25)34-23(30)14-10-19(31-2)20(32-3)11-17(14)27-22(29)18-5-4-8-33-18/h4-12H,1-3H3,(H,26,28)(H,27,29). The van der Waals surface area contributed by atoms with Crippen molar-refractivity contribution < 1.29 is 33.0 Å². The SMILES string of the molecule is COc1cc(NC(=O)c2ccco2)c(C(=O)OC(C)C(=O)Nc2ccc(Cl)cc2Cl)cc1OC. The average Bonchev–Trinajstić information content (AvgIpc) is 3.35. The van der Waals surface area contributed by atoms with Gasteiger partial charge in [-0.15, -0.1) is 0 Å². The van der Waals surface area contributed by atoms with Crippen LogP contribution in [0.3, 0.4) is 0 Å². The minimum atomic E-state index is -1.21. The normalized spacial score (nSPS) is 11.3. The van der Waals surface area contributed by atoms with Gasteiger partial charge in [-0.3, -0.25) is 9.59 Å². The van der Waals surface area contributed by atoms with Gasteiger partial charge in [0.05, 0.1) is 42.4 Å². The summed E-state index contributed by atoms with van der Waals surface area (Å²) in [6.07, 6.45) is 0.132. The smallest absolute Gasteiger partial charge is 0.341 e. The highest BCUT2D eigenvalue weighted by atomic mass is 35.5. The fourth-order valence-electron chi connectivity index (χ4n) is 2.85. The lowest BCUT2D eigenvalue weighted by Crippen LogP contribution is -2.30. The van der Waals surface area contributed by atoms with Crippen LogP contribution in [-0.4, -0.2) is 38.1 Å². The molecular formula is C23H20Cl2N2O7. The molecule has 34 heavy (non-hydrogen) atoms. The van der Waals surface area contributed by atoms with Crippen LogP contribution in [0, 0.1) is 0 Å². The summed E-state index contributed by atoms with van der Waals surface area (Å²) >= 11 is 11.9. The van der Waals surface area contributed by atoms with Crippen LogP contribution >= 0.6 is 23.2 Å². The van der Waals surface area contributed by atoms with E-state index < -0.39 is 23.9 Å². The van der Waals surface area contributed by atoms with Gasteiger partial charge in [0.1, 0.15) is 0 Å². The highest BCUT2D eigenvalue weighted by molar-refractivity contribution is 6.36. The second kappa shape index (κ2) is 11.0. The zero-order valence-corrected chi connectivity index (χ0v) is 19.8. The summed E-state index contributed by atoms with van der Waals surface area (Å²) < 4.78 is 20.9. The average molecular weight is 507 g/mol. The number of amides is 2. The first kappa shape index (κ1) is 24.9. The highest BCUT2D eigenvalue weighted by Gasteiger charge is 2.25. The second-order valence-corrected chi connectivity index (χ2v) is 7.69. The largest absolute Gasteiger partial charge is 0.493 e. The lowest BCUT2D eigenvalue weighted by Gasteiger charge is -2.17. The molecule has 0 aliphatic heterocycles. The molecule has 0 aliphatic rings. The third kappa shape index (κ3) is 5.81. The van der Waals surface area contributed by atoms with E-state index in [-0.39, 0.29) is 33.5 Å². The number of furan rings is 1. The molecule has 0 bridgehead atoms. The van der Waals surface area contributed by atoms with E-state index in [1.807, 2.05) is 0 Å². The fourth-order valence-corrected chi connectivity index (χ4v) is 3.30. The number of methoxy groups -OCH3 is 2. The van der Waals surface area contributed by atoms with E-state index in [1.54, 1.807) is 12.1 Å². The van der Waals surface area contributed by atoms with Crippen LogP contribution in [-0.2, 0) is 9.53 Å². The Labute approximate surface area is 204 Å². The third-order valence-electron chi connectivity index (χ3n) is 4.58. The summed E-state index contributed by atoms with van der Waals surface area (Å²) in [5, 5.41) is 5.77. The molecule has 1 heterocycles. The molecule has 0 saturated heterocycles. The molecular weight excluding hydrogens is 487 g/mol. The Balaban J connectivity index is 1.82. The molecule has 0 saturated carbocycles. The van der Waals surface area contributed by atoms with Crippen molar-refractivity contribution in [3.8, 4) is 11.5 Å². The van der Waals surface area contributed by atoms with Gasteiger partial charge in [-0.1, -0.05) is 23.2 Å². The predicted octanol–water partition coefficient (Wildman–Crippen LogP) is 5.04. The van der Waals surface area contributed by atoms with E-state index in [2.05, 4.69) is 10.6 Å². The van der Waals surface area contributed by atoms with Gasteiger partial charge >= 0.3 is 5.97 Å². The van der Waals surface area contributed by atoms with Crippen molar-refractivity contribution in [2.45, 2.75) is 13.0 Å². The van der Waals surface area contributed by atoms with Crippen LogP contribution < -0.4 is 20.1 Å². The van der Waals surface area contributed by atoms with Gasteiger partial charge < -0.3 is 29.3 Å². The number of carbonyl (C=O) groups is 3. The molecule has 11 heteroatoms. The molecule has 1 atom stereocenters. The molecule has 1 unspecified atom stereocenters. The van der Waals surface area contributed by atoms with Crippen molar-refractivity contribution in [2.75, 3.05) is 24.9 Å². The van der Waals surface area contributed by atoms with Gasteiger partial charge in [0, 0.05) is 17.2 Å². The molecule has 0 fully saturated rings. The zero-order chi connectivity index (χ0) is 24.8. The Morgan fingerprint density at radius 3 is 2.26 bits per heavy atom. The number of hydrogen-bond donors (Lipinski definition) is 2. The number of esters is 1. The Morgan fingerprint density at radius 1 is 0.941 bits per heavy atom. The maximum absolute atomic E-state index is 13.0. The van der Waals surface area contributed by atoms with Crippen LogP contribution in [0.5, 0.6) is 11.5 Å². The van der Waals surface area contributed by atoms with Crippen molar-refractivity contribution in [3.05, 3.63) is 70.1 Å². The Hall–Kier alpha value is -3.69. The zero-order valence-electron chi connectivity index (χ0n) is 18.3. The number of nitrogens with one attached hydrogen (secondary N) is 2. The summed E-state index contributed by atoms with van der Waals surface area (Å²) in [7, 11) is 2.79. The summed E-state index contributed by atoms with van der Waals surface area (Å²) in [5.74, 6) is -1.61. The van der Waals surface area contributed by atoms with Crippen LogP contribution in [0.1, 0.15) is 27.8 Å². The predicted molar refractivity (Wildman–Crippen MR) is 126 cm³/mol. The van der Waals surface area contributed by atoms with E-state index in [4.69, 9.17) is 41.8 Å². The first-order valence-corrected chi connectivity index (χ1v) is 10.6. The molecule has 2 aromatic carbocycles. The first-order valence-electron chi connectivity index (χ1n) is 9.81. The molecule has 0 aliphatic carbocycles. The monoisotopic (exact) mass is 506 g/mol. The third-order valence-corrected chi connectivity index (χ3v) is 5.13. The molecule has 3 rings (SSSR count). The van der Waals surface area contributed by atoms with Gasteiger partial charge in [0.2, 0.25) is 0 Å². The Bertz CT molecular complexity index is 1210. The van der Waals surface area contributed by atoms with E-state index in [0.717, 1.165) is 0 Å². The summed E-state index contributed by atoms with van der Waals surface area (Å²) in [6.45, 7) is 1.39. The van der Waals surface area contributed by atoms with E-state index in [0.29, 0.717) is 10.7 Å². The lowest BCUT2D eigenvalue weighted by molar-refractivity contribution is -0.123. The van der Waals surface area contributed by atoms with Gasteiger partial charge in [0.25, 0.3) is 11.8 Å². The maximum atomic E-state index is 13.0. The summed E-state index contributed by atoms with van der Waals surface area (Å²) in [6, 6.07) is 10.3. The number of rotatable bonds is 8.